The van der Waals surface area contributed by atoms with Crippen molar-refractivity contribution in [2.75, 3.05) is 19.7 Å². The van der Waals surface area contributed by atoms with Gasteiger partial charge in [-0.1, -0.05) is 5.21 Å². The van der Waals surface area contributed by atoms with E-state index < -0.39 is 5.60 Å². The molecule has 4 atom stereocenters. The first-order valence-corrected chi connectivity index (χ1v) is 11.3. The monoisotopic (exact) mass is 425 g/mol. The third kappa shape index (κ3) is 4.36. The molecule has 3 heterocycles. The second-order valence-electron chi connectivity index (χ2n) is 9.97. The predicted molar refractivity (Wildman–Crippen MR) is 113 cm³/mol. The van der Waals surface area contributed by atoms with Crippen LogP contribution < -0.4 is 0 Å². The zero-order valence-corrected chi connectivity index (χ0v) is 18.2. The summed E-state index contributed by atoms with van der Waals surface area (Å²) in [5, 5.41) is 18.9. The highest BCUT2D eigenvalue weighted by molar-refractivity contribution is 5.94. The molecule has 3 fully saturated rings. The number of carbonyl (C=O) groups excluding carboxylic acids is 1. The minimum absolute atomic E-state index is 0.0478. The Hall–Kier alpha value is -2.32. The molecular formula is C23H31N5O3. The van der Waals surface area contributed by atoms with E-state index in [1.165, 1.54) is 12.8 Å². The van der Waals surface area contributed by atoms with Crippen molar-refractivity contribution in [1.82, 2.24) is 24.9 Å². The molecule has 2 aliphatic carbocycles. The van der Waals surface area contributed by atoms with E-state index in [2.05, 4.69) is 15.3 Å². The van der Waals surface area contributed by atoms with Gasteiger partial charge in [0.2, 0.25) is 0 Å². The van der Waals surface area contributed by atoms with Crippen LogP contribution in [-0.4, -0.2) is 61.7 Å². The van der Waals surface area contributed by atoms with Gasteiger partial charge in [-0.05, 0) is 69.4 Å². The fraction of sp³-hybridized carbons (Fsp3) is 0.652. The van der Waals surface area contributed by atoms with Gasteiger partial charge in [0.1, 0.15) is 11.3 Å². The number of hydrogen-bond acceptors (Lipinski definition) is 6. The Morgan fingerprint density at radius 3 is 2.68 bits per heavy atom. The summed E-state index contributed by atoms with van der Waals surface area (Å²) in [4.78, 5) is 19.0. The van der Waals surface area contributed by atoms with Crippen LogP contribution >= 0.6 is 0 Å². The molecule has 31 heavy (non-hydrogen) atoms. The lowest BCUT2D eigenvalue weighted by Gasteiger charge is -2.37. The Kier molecular flexibility index (Phi) is 5.30. The number of ether oxygens (including phenoxy) is 1. The van der Waals surface area contributed by atoms with Crippen molar-refractivity contribution in [3.8, 4) is 0 Å². The van der Waals surface area contributed by atoms with Gasteiger partial charge in [0.05, 0.1) is 23.9 Å². The molecule has 0 aromatic carbocycles. The van der Waals surface area contributed by atoms with Gasteiger partial charge >= 0.3 is 0 Å². The van der Waals surface area contributed by atoms with E-state index in [1.807, 2.05) is 21.8 Å². The Bertz CT molecular complexity index is 921. The summed E-state index contributed by atoms with van der Waals surface area (Å²) in [7, 11) is 0. The van der Waals surface area contributed by atoms with Crippen LogP contribution in [0.4, 0.5) is 0 Å². The van der Waals surface area contributed by atoms with E-state index in [0.717, 1.165) is 32.5 Å². The number of hydrogen-bond donors (Lipinski definition) is 1. The van der Waals surface area contributed by atoms with Crippen LogP contribution in [0.25, 0.3) is 0 Å². The van der Waals surface area contributed by atoms with E-state index >= 15 is 0 Å². The Morgan fingerprint density at radius 1 is 1.26 bits per heavy atom. The summed E-state index contributed by atoms with van der Waals surface area (Å²) in [5.41, 5.74) is 0.181. The fourth-order valence-electron chi connectivity index (χ4n) is 4.95. The largest absolute Gasteiger partial charge is 0.384 e. The summed E-state index contributed by atoms with van der Waals surface area (Å²) in [6.45, 7) is 5.75. The van der Waals surface area contributed by atoms with Crippen molar-refractivity contribution >= 4 is 5.91 Å². The van der Waals surface area contributed by atoms with Gasteiger partial charge in [0, 0.05) is 32.1 Å². The highest BCUT2D eigenvalue weighted by atomic mass is 16.5. The molecule has 0 spiro atoms. The van der Waals surface area contributed by atoms with Gasteiger partial charge < -0.3 is 14.7 Å². The van der Waals surface area contributed by atoms with Crippen molar-refractivity contribution < 1.29 is 14.6 Å². The SMILES string of the molecule is CC(C)(O)c1cn([C@@H]2C[C@@H]3CN(C(=O)c4cccnc4)C[C@@H]3C[C@H]2OCC2CC2)nn1. The van der Waals surface area contributed by atoms with Crippen molar-refractivity contribution in [3.05, 3.63) is 42.0 Å². The Balaban J connectivity index is 1.33. The van der Waals surface area contributed by atoms with Gasteiger partial charge in [-0.3, -0.25) is 9.78 Å². The summed E-state index contributed by atoms with van der Waals surface area (Å²) in [5.74, 6) is 1.58. The first-order chi connectivity index (χ1) is 14.9. The maximum absolute atomic E-state index is 13.0. The van der Waals surface area contributed by atoms with Gasteiger partial charge in [-0.15, -0.1) is 5.10 Å². The number of aromatic nitrogens is 4. The molecule has 0 bridgehead atoms. The molecule has 166 valence electrons. The number of likely N-dealkylation sites (tertiary alicyclic amines) is 1. The maximum Gasteiger partial charge on any atom is 0.255 e. The van der Waals surface area contributed by atoms with Crippen molar-refractivity contribution in [3.63, 3.8) is 0 Å². The van der Waals surface area contributed by atoms with Crippen LogP contribution in [0.5, 0.6) is 0 Å². The van der Waals surface area contributed by atoms with E-state index in [1.54, 1.807) is 32.3 Å². The number of pyridine rings is 1. The second kappa shape index (κ2) is 7.98. The summed E-state index contributed by atoms with van der Waals surface area (Å²) >= 11 is 0. The number of carbonyl (C=O) groups is 1. The highest BCUT2D eigenvalue weighted by Crippen LogP contribution is 2.43. The lowest BCUT2D eigenvalue weighted by molar-refractivity contribution is -0.0376. The summed E-state index contributed by atoms with van der Waals surface area (Å²) < 4.78 is 8.27. The average molecular weight is 426 g/mol. The second-order valence-corrected chi connectivity index (χ2v) is 9.97. The van der Waals surface area contributed by atoms with Gasteiger partial charge in [0.25, 0.3) is 5.91 Å². The van der Waals surface area contributed by atoms with Crippen LogP contribution in [0.15, 0.2) is 30.7 Å². The van der Waals surface area contributed by atoms with Crippen LogP contribution in [0.3, 0.4) is 0 Å². The molecule has 0 unspecified atom stereocenters. The molecule has 1 saturated heterocycles. The predicted octanol–water partition coefficient (Wildman–Crippen LogP) is 2.42. The zero-order valence-electron chi connectivity index (χ0n) is 18.2. The van der Waals surface area contributed by atoms with E-state index in [0.29, 0.717) is 29.0 Å². The molecule has 0 radical (unpaired) electrons. The smallest absolute Gasteiger partial charge is 0.255 e. The van der Waals surface area contributed by atoms with Gasteiger partial charge in [-0.25, -0.2) is 4.68 Å². The first kappa shape index (κ1) is 20.6. The van der Waals surface area contributed by atoms with Crippen LogP contribution in [0, 0.1) is 17.8 Å². The third-order valence-corrected chi connectivity index (χ3v) is 7.00. The number of fused-ring (bicyclic) bond motifs is 1. The molecule has 1 N–H and O–H groups in total. The zero-order chi connectivity index (χ0) is 21.6. The minimum Gasteiger partial charge on any atom is -0.384 e. The number of nitrogens with zero attached hydrogens (tertiary/aromatic N) is 5. The first-order valence-electron chi connectivity index (χ1n) is 11.3. The quantitative estimate of drug-likeness (QED) is 0.764. The molecular weight excluding hydrogens is 394 g/mol. The highest BCUT2D eigenvalue weighted by Gasteiger charge is 2.45. The standard InChI is InChI=1S/C23H31N5O3/c1-23(2,30)21-13-28(26-25-21)19-8-17-11-27(22(29)16-4-3-7-24-10-16)12-18(17)9-20(19)31-14-15-5-6-15/h3-4,7,10,13,15,17-20,30H,5-6,8-9,11-12,14H2,1-2H3/t17-,18+,19-,20-/m1/s1. The van der Waals surface area contributed by atoms with Crippen LogP contribution in [-0.2, 0) is 10.3 Å². The fourth-order valence-corrected chi connectivity index (χ4v) is 4.95. The summed E-state index contributed by atoms with van der Waals surface area (Å²) in [6, 6.07) is 3.70. The molecule has 8 nitrogen and oxygen atoms in total. The van der Waals surface area contributed by atoms with E-state index in [4.69, 9.17) is 4.74 Å². The van der Waals surface area contributed by atoms with Crippen molar-refractivity contribution in [2.24, 2.45) is 17.8 Å². The Labute approximate surface area is 182 Å². The summed E-state index contributed by atoms with van der Waals surface area (Å²) in [6.07, 6.45) is 9.54. The topological polar surface area (TPSA) is 93.4 Å². The molecule has 2 aromatic heterocycles. The maximum atomic E-state index is 13.0. The minimum atomic E-state index is -1.03. The van der Waals surface area contributed by atoms with Crippen molar-refractivity contribution in [2.45, 2.75) is 57.3 Å². The molecule has 5 rings (SSSR count). The number of aliphatic hydroxyl groups is 1. The number of rotatable bonds is 6. The van der Waals surface area contributed by atoms with E-state index in [9.17, 15) is 9.90 Å². The molecule has 1 amide bonds. The van der Waals surface area contributed by atoms with Crippen LogP contribution in [0.2, 0.25) is 0 Å². The lowest BCUT2D eigenvalue weighted by atomic mass is 9.77. The lowest BCUT2D eigenvalue weighted by Crippen LogP contribution is -2.38. The molecule has 3 aliphatic rings. The molecule has 2 saturated carbocycles. The van der Waals surface area contributed by atoms with Crippen LogP contribution in [0.1, 0.15) is 61.6 Å². The van der Waals surface area contributed by atoms with Crippen molar-refractivity contribution in [1.29, 1.82) is 0 Å². The van der Waals surface area contributed by atoms with Gasteiger partial charge in [0.15, 0.2) is 0 Å². The molecule has 8 heteroatoms. The normalized spacial score (nSPS) is 28.5. The molecule has 1 aliphatic heterocycles. The Morgan fingerprint density at radius 2 is 2.03 bits per heavy atom. The van der Waals surface area contributed by atoms with Gasteiger partial charge in [-0.2, -0.15) is 0 Å². The average Bonchev–Trinajstić information content (AvgIpc) is 3.27. The third-order valence-electron chi connectivity index (χ3n) is 7.00. The molecule has 2 aromatic rings. The van der Waals surface area contributed by atoms with E-state index in [-0.39, 0.29) is 18.1 Å². The number of amides is 1.